The Kier molecular flexibility index (Phi) is 6.76. The second-order valence-corrected chi connectivity index (χ2v) is 9.08. The molecule has 2 aromatic rings. The average molecular weight is 408 g/mol. The van der Waals surface area contributed by atoms with Gasteiger partial charge in [0.15, 0.2) is 0 Å². The van der Waals surface area contributed by atoms with E-state index in [-0.39, 0.29) is 0 Å². The minimum Gasteiger partial charge on any atom is -0.369 e. The molecule has 0 aromatic heterocycles. The highest BCUT2D eigenvalue weighted by Crippen LogP contribution is 2.19. The summed E-state index contributed by atoms with van der Waals surface area (Å²) in [7, 11) is -3.42. The normalized spacial score (nSPS) is 15.9. The first kappa shape index (κ1) is 20.1. The number of sulfonamides is 1. The Hall–Kier alpha value is -1.60. The van der Waals surface area contributed by atoms with Gasteiger partial charge in [-0.2, -0.15) is 0 Å². The molecule has 5 nitrogen and oxygen atoms in total. The van der Waals surface area contributed by atoms with E-state index < -0.39 is 10.0 Å². The van der Waals surface area contributed by atoms with Crippen molar-refractivity contribution < 1.29 is 8.42 Å². The number of nitrogens with one attached hydrogen (secondary N) is 1. The van der Waals surface area contributed by atoms with Gasteiger partial charge in [-0.15, -0.1) is 0 Å². The van der Waals surface area contributed by atoms with E-state index in [1.807, 2.05) is 25.1 Å². The Balaban J connectivity index is 1.40. The van der Waals surface area contributed by atoms with Crippen molar-refractivity contribution in [1.29, 1.82) is 0 Å². The van der Waals surface area contributed by atoms with E-state index in [1.54, 1.807) is 18.2 Å². The van der Waals surface area contributed by atoms with Crippen LogP contribution in [0.5, 0.6) is 0 Å². The van der Waals surface area contributed by atoms with Gasteiger partial charge in [0.25, 0.3) is 0 Å². The second-order valence-electron chi connectivity index (χ2n) is 6.87. The van der Waals surface area contributed by atoms with Gasteiger partial charge in [-0.25, -0.2) is 13.1 Å². The highest BCUT2D eigenvalue weighted by Gasteiger charge is 2.17. The molecule has 0 aliphatic carbocycles. The maximum Gasteiger partial charge on any atom is 0.240 e. The number of nitrogens with zero attached hydrogens (tertiary/aromatic N) is 2. The molecule has 0 atom stereocenters. The summed E-state index contributed by atoms with van der Waals surface area (Å²) in [6, 6.07) is 14.9. The predicted molar refractivity (Wildman–Crippen MR) is 111 cm³/mol. The van der Waals surface area contributed by atoms with E-state index in [4.69, 9.17) is 11.6 Å². The molecule has 1 fully saturated rings. The Morgan fingerprint density at radius 1 is 1.04 bits per heavy atom. The van der Waals surface area contributed by atoms with Gasteiger partial charge in [0.2, 0.25) is 10.0 Å². The molecule has 1 saturated heterocycles. The summed E-state index contributed by atoms with van der Waals surface area (Å²) in [6.45, 7) is 7.13. The molecule has 0 bridgehead atoms. The number of rotatable bonds is 7. The van der Waals surface area contributed by atoms with Crippen molar-refractivity contribution in [2.75, 3.05) is 44.2 Å². The lowest BCUT2D eigenvalue weighted by Crippen LogP contribution is -2.47. The molecule has 146 valence electrons. The van der Waals surface area contributed by atoms with Crippen LogP contribution in [-0.4, -0.2) is 52.6 Å². The van der Waals surface area contributed by atoms with E-state index in [0.717, 1.165) is 49.7 Å². The first-order chi connectivity index (χ1) is 12.9. The monoisotopic (exact) mass is 407 g/mol. The lowest BCUT2D eigenvalue weighted by atomic mass is 10.2. The Morgan fingerprint density at radius 3 is 2.41 bits per heavy atom. The van der Waals surface area contributed by atoms with Gasteiger partial charge in [-0.1, -0.05) is 23.7 Å². The van der Waals surface area contributed by atoms with E-state index in [0.29, 0.717) is 11.4 Å². The van der Waals surface area contributed by atoms with Crippen LogP contribution in [0.4, 0.5) is 5.69 Å². The van der Waals surface area contributed by atoms with Crippen LogP contribution in [0, 0.1) is 6.92 Å². The fraction of sp³-hybridized carbons (Fsp3) is 0.400. The number of benzene rings is 2. The van der Waals surface area contributed by atoms with Crippen LogP contribution in [0.3, 0.4) is 0 Å². The summed E-state index contributed by atoms with van der Waals surface area (Å²) in [5.41, 5.74) is 2.14. The molecule has 0 amide bonds. The maximum atomic E-state index is 12.3. The van der Waals surface area contributed by atoms with E-state index in [1.165, 1.54) is 5.69 Å². The number of halogens is 1. The van der Waals surface area contributed by atoms with Gasteiger partial charge >= 0.3 is 0 Å². The van der Waals surface area contributed by atoms with E-state index >= 15 is 0 Å². The zero-order chi connectivity index (χ0) is 19.3. The third-order valence-electron chi connectivity index (χ3n) is 4.81. The first-order valence-electron chi connectivity index (χ1n) is 9.23. The molecule has 1 heterocycles. The first-order valence-corrected chi connectivity index (χ1v) is 11.1. The van der Waals surface area contributed by atoms with Crippen molar-refractivity contribution in [2.45, 2.75) is 18.2 Å². The van der Waals surface area contributed by atoms with Crippen LogP contribution in [0.25, 0.3) is 0 Å². The molecule has 3 rings (SSSR count). The second kappa shape index (κ2) is 9.06. The van der Waals surface area contributed by atoms with Crippen molar-refractivity contribution in [3.05, 3.63) is 59.1 Å². The largest absolute Gasteiger partial charge is 0.369 e. The molecule has 7 heteroatoms. The lowest BCUT2D eigenvalue weighted by Gasteiger charge is -2.36. The molecule has 1 N–H and O–H groups in total. The standard InChI is InChI=1S/C20H26ClN3O2S/c1-17-4-2-5-20(16-17)27(25,26)22-10-3-11-23-12-14-24(15-13-23)19-8-6-18(21)7-9-19/h2,4-9,16,22H,3,10-15H2,1H3. The quantitative estimate of drug-likeness (QED) is 0.716. The molecule has 0 unspecified atom stereocenters. The fourth-order valence-corrected chi connectivity index (χ4v) is 4.56. The zero-order valence-electron chi connectivity index (χ0n) is 15.6. The molecule has 0 radical (unpaired) electrons. The van der Waals surface area contributed by atoms with Crippen LogP contribution in [-0.2, 0) is 10.0 Å². The molecule has 1 aliphatic rings. The molecular weight excluding hydrogens is 382 g/mol. The maximum absolute atomic E-state index is 12.3. The highest BCUT2D eigenvalue weighted by atomic mass is 35.5. The molecule has 0 spiro atoms. The summed E-state index contributed by atoms with van der Waals surface area (Å²) < 4.78 is 27.3. The SMILES string of the molecule is Cc1cccc(S(=O)(=O)NCCCN2CCN(c3ccc(Cl)cc3)CC2)c1. The third-order valence-corrected chi connectivity index (χ3v) is 6.52. The third kappa shape index (κ3) is 5.69. The van der Waals surface area contributed by atoms with Gasteiger partial charge in [0, 0.05) is 43.4 Å². The van der Waals surface area contributed by atoms with Crippen molar-refractivity contribution in [2.24, 2.45) is 0 Å². The van der Waals surface area contributed by atoms with Crippen LogP contribution < -0.4 is 9.62 Å². The number of aryl methyl sites for hydroxylation is 1. The van der Waals surface area contributed by atoms with Gasteiger partial charge in [-0.3, -0.25) is 4.90 Å². The Bertz CT molecular complexity index is 848. The van der Waals surface area contributed by atoms with Gasteiger partial charge in [0.05, 0.1) is 4.90 Å². The van der Waals surface area contributed by atoms with Crippen molar-refractivity contribution in [1.82, 2.24) is 9.62 Å². The fourth-order valence-electron chi connectivity index (χ4n) is 3.26. The number of hydrogen-bond donors (Lipinski definition) is 1. The van der Waals surface area contributed by atoms with Crippen molar-refractivity contribution in [3.63, 3.8) is 0 Å². The lowest BCUT2D eigenvalue weighted by molar-refractivity contribution is 0.255. The number of piperazine rings is 1. The van der Waals surface area contributed by atoms with E-state index in [9.17, 15) is 8.42 Å². The topological polar surface area (TPSA) is 52.7 Å². The smallest absolute Gasteiger partial charge is 0.240 e. The minimum atomic E-state index is -3.42. The van der Waals surface area contributed by atoms with Gasteiger partial charge in [0.1, 0.15) is 0 Å². The van der Waals surface area contributed by atoms with E-state index in [2.05, 4.69) is 26.7 Å². The molecule has 1 aliphatic heterocycles. The van der Waals surface area contributed by atoms with Crippen molar-refractivity contribution in [3.8, 4) is 0 Å². The summed E-state index contributed by atoms with van der Waals surface area (Å²) in [5.74, 6) is 0. The Labute approximate surface area is 167 Å². The number of anilines is 1. The van der Waals surface area contributed by atoms with Crippen LogP contribution in [0.2, 0.25) is 5.02 Å². The molecule has 0 saturated carbocycles. The van der Waals surface area contributed by atoms with Gasteiger partial charge in [-0.05, 0) is 61.9 Å². The Morgan fingerprint density at radius 2 is 1.74 bits per heavy atom. The average Bonchev–Trinajstić information content (AvgIpc) is 2.66. The molecular formula is C20H26ClN3O2S. The van der Waals surface area contributed by atoms with Crippen LogP contribution >= 0.6 is 11.6 Å². The number of hydrogen-bond acceptors (Lipinski definition) is 4. The summed E-state index contributed by atoms with van der Waals surface area (Å²) in [6.07, 6.45) is 0.798. The van der Waals surface area contributed by atoms with Crippen LogP contribution in [0.1, 0.15) is 12.0 Å². The highest BCUT2D eigenvalue weighted by molar-refractivity contribution is 7.89. The molecule has 2 aromatic carbocycles. The zero-order valence-corrected chi connectivity index (χ0v) is 17.1. The summed E-state index contributed by atoms with van der Waals surface area (Å²) in [4.78, 5) is 5.07. The summed E-state index contributed by atoms with van der Waals surface area (Å²) >= 11 is 5.95. The van der Waals surface area contributed by atoms with Gasteiger partial charge < -0.3 is 4.90 Å². The van der Waals surface area contributed by atoms with Crippen molar-refractivity contribution >= 4 is 27.3 Å². The van der Waals surface area contributed by atoms with Crippen LogP contribution in [0.15, 0.2) is 53.4 Å². The predicted octanol–water partition coefficient (Wildman–Crippen LogP) is 3.14. The minimum absolute atomic E-state index is 0.332. The molecule has 27 heavy (non-hydrogen) atoms. The summed E-state index contributed by atoms with van der Waals surface area (Å²) in [5, 5.41) is 0.755.